The molecule has 1 aromatic heterocycles. The molecule has 1 heterocycles. The molecule has 0 bridgehead atoms. The van der Waals surface area contributed by atoms with Crippen LogP contribution in [0.3, 0.4) is 0 Å². The van der Waals surface area contributed by atoms with Crippen molar-refractivity contribution in [3.05, 3.63) is 95.7 Å². The minimum Gasteiger partial charge on any atom is -0.768 e. The number of nitrogens with one attached hydrogen (secondary N) is 1. The second-order valence-corrected chi connectivity index (χ2v) is 7.55. The van der Waals surface area contributed by atoms with Gasteiger partial charge in [-0.15, -0.1) is 0 Å². The molecule has 0 radical (unpaired) electrons. The van der Waals surface area contributed by atoms with E-state index in [0.29, 0.717) is 11.9 Å². The minimum absolute atomic E-state index is 0.222. The van der Waals surface area contributed by atoms with Crippen molar-refractivity contribution in [1.82, 2.24) is 15.3 Å². The predicted octanol–water partition coefficient (Wildman–Crippen LogP) is 3.18. The number of carbonyl (C=O) groups is 1. The monoisotopic (exact) mass is 420 g/mol. The average molecular weight is 420 g/mol. The molecular formula is C22H18N3O4S-. The van der Waals surface area contributed by atoms with E-state index in [-0.39, 0.29) is 17.2 Å². The summed E-state index contributed by atoms with van der Waals surface area (Å²) in [6, 6.07) is 23.5. The van der Waals surface area contributed by atoms with Gasteiger partial charge in [-0.25, -0.2) is 5.48 Å². The summed E-state index contributed by atoms with van der Waals surface area (Å²) in [5.74, 6) is -0.432. The van der Waals surface area contributed by atoms with E-state index >= 15 is 0 Å². The first-order chi connectivity index (χ1) is 14.6. The lowest BCUT2D eigenvalue weighted by atomic mass is 10.2. The van der Waals surface area contributed by atoms with Gasteiger partial charge in [0.05, 0.1) is 18.7 Å². The number of hydrogen-bond acceptors (Lipinski definition) is 5. The Morgan fingerprint density at radius 2 is 1.67 bits per heavy atom. The van der Waals surface area contributed by atoms with Gasteiger partial charge in [0.1, 0.15) is 0 Å². The van der Waals surface area contributed by atoms with Crippen molar-refractivity contribution in [2.45, 2.75) is 18.0 Å². The maximum absolute atomic E-state index is 12.7. The van der Waals surface area contributed by atoms with Crippen LogP contribution in [0.15, 0.2) is 83.8 Å². The van der Waals surface area contributed by atoms with Crippen LogP contribution in [0, 0.1) is 0 Å². The van der Waals surface area contributed by atoms with Crippen molar-refractivity contribution in [1.29, 1.82) is 0 Å². The number of carbonyl (C=O) groups excluding carboxylic acids is 1. The summed E-state index contributed by atoms with van der Waals surface area (Å²) in [5.41, 5.74) is 5.31. The van der Waals surface area contributed by atoms with Gasteiger partial charge in [-0.3, -0.25) is 18.5 Å². The minimum atomic E-state index is -2.26. The van der Waals surface area contributed by atoms with E-state index in [4.69, 9.17) is 4.84 Å². The van der Waals surface area contributed by atoms with E-state index in [1.165, 1.54) is 12.1 Å². The first-order valence-electron chi connectivity index (χ1n) is 9.21. The Kier molecular flexibility index (Phi) is 5.99. The third-order valence-electron chi connectivity index (χ3n) is 4.57. The summed E-state index contributed by atoms with van der Waals surface area (Å²) < 4.78 is 23.8. The summed E-state index contributed by atoms with van der Waals surface area (Å²) in [6.07, 6.45) is 0. The van der Waals surface area contributed by atoms with Crippen LogP contribution in [0.4, 0.5) is 0 Å². The Bertz CT molecular complexity index is 1190. The van der Waals surface area contributed by atoms with Gasteiger partial charge in [-0.05, 0) is 40.4 Å². The molecule has 1 N–H and O–H groups in total. The largest absolute Gasteiger partial charge is 0.768 e. The molecular weight excluding hydrogens is 402 g/mol. The molecule has 0 fully saturated rings. The molecule has 0 saturated heterocycles. The van der Waals surface area contributed by atoms with Gasteiger partial charge in [0, 0.05) is 10.3 Å². The lowest BCUT2D eigenvalue weighted by molar-refractivity contribution is 0.0230. The van der Waals surface area contributed by atoms with Crippen LogP contribution in [0.5, 0.6) is 0 Å². The molecule has 1 unspecified atom stereocenters. The van der Waals surface area contributed by atoms with Crippen molar-refractivity contribution in [3.8, 4) is 0 Å². The van der Waals surface area contributed by atoms with Crippen LogP contribution in [-0.4, -0.2) is 24.4 Å². The highest BCUT2D eigenvalue weighted by Crippen LogP contribution is 2.20. The first kappa shape index (κ1) is 20.0. The zero-order valence-electron chi connectivity index (χ0n) is 15.9. The number of hydrogen-bond donors (Lipinski definition) is 1. The molecule has 0 aliphatic heterocycles. The van der Waals surface area contributed by atoms with Crippen molar-refractivity contribution < 1.29 is 18.4 Å². The molecule has 7 nitrogen and oxygen atoms in total. The van der Waals surface area contributed by atoms with Crippen molar-refractivity contribution >= 4 is 27.9 Å². The van der Waals surface area contributed by atoms with Crippen molar-refractivity contribution in [3.63, 3.8) is 0 Å². The third-order valence-corrected chi connectivity index (χ3v) is 5.22. The molecule has 0 aliphatic rings. The maximum Gasteiger partial charge on any atom is 0.295 e. The Balaban J connectivity index is 1.52. The smallest absolute Gasteiger partial charge is 0.295 e. The zero-order valence-corrected chi connectivity index (χ0v) is 16.7. The van der Waals surface area contributed by atoms with Crippen LogP contribution in [-0.2, 0) is 29.1 Å². The number of nitrogens with zero attached hydrogens (tertiary/aromatic N) is 2. The Labute approximate surface area is 175 Å². The molecule has 1 amide bonds. The molecule has 4 rings (SSSR count). The second kappa shape index (κ2) is 9.00. The zero-order chi connectivity index (χ0) is 20.9. The SMILES string of the molecule is O=C(NOCc1ccccc1)c1nn(Cc2ccc(S(=O)[O-])cc2)c2ccccc12. The van der Waals surface area contributed by atoms with Gasteiger partial charge in [0.25, 0.3) is 5.91 Å². The molecule has 3 aromatic carbocycles. The fourth-order valence-electron chi connectivity index (χ4n) is 3.10. The van der Waals surface area contributed by atoms with Crippen molar-refractivity contribution in [2.75, 3.05) is 0 Å². The third kappa shape index (κ3) is 4.46. The number of benzene rings is 3. The molecule has 30 heavy (non-hydrogen) atoms. The highest BCUT2D eigenvalue weighted by Gasteiger charge is 2.17. The van der Waals surface area contributed by atoms with Gasteiger partial charge in [0.15, 0.2) is 5.69 Å². The normalized spacial score (nSPS) is 12.0. The van der Waals surface area contributed by atoms with Crippen LogP contribution in [0.25, 0.3) is 10.9 Å². The molecule has 4 aromatic rings. The van der Waals surface area contributed by atoms with E-state index in [1.54, 1.807) is 16.8 Å². The number of rotatable bonds is 7. The Hall–Kier alpha value is -3.33. The summed E-state index contributed by atoms with van der Waals surface area (Å²) >= 11 is -2.26. The molecule has 8 heteroatoms. The topological polar surface area (TPSA) is 96.3 Å². The van der Waals surface area contributed by atoms with Crippen LogP contribution in [0.1, 0.15) is 21.6 Å². The molecule has 0 aliphatic carbocycles. The standard InChI is InChI=1S/C22H19N3O4S/c26-22(24-29-15-17-6-2-1-3-7-17)21-19-8-4-5-9-20(19)25(23-21)14-16-10-12-18(13-11-16)30(27)28/h1-13H,14-15H2,(H,24,26)(H,27,28)/p-1. The van der Waals surface area contributed by atoms with Gasteiger partial charge in [-0.1, -0.05) is 60.7 Å². The van der Waals surface area contributed by atoms with E-state index < -0.39 is 17.0 Å². The van der Waals surface area contributed by atoms with E-state index in [2.05, 4.69) is 10.6 Å². The number of amides is 1. The number of aromatic nitrogens is 2. The van der Waals surface area contributed by atoms with Gasteiger partial charge in [-0.2, -0.15) is 5.10 Å². The van der Waals surface area contributed by atoms with Crippen molar-refractivity contribution in [2.24, 2.45) is 0 Å². The van der Waals surface area contributed by atoms with E-state index in [9.17, 15) is 13.6 Å². The van der Waals surface area contributed by atoms with E-state index in [0.717, 1.165) is 16.6 Å². The molecule has 0 spiro atoms. The highest BCUT2D eigenvalue weighted by atomic mass is 32.2. The number of hydroxylamine groups is 1. The Morgan fingerprint density at radius 3 is 2.40 bits per heavy atom. The Morgan fingerprint density at radius 1 is 0.967 bits per heavy atom. The molecule has 0 saturated carbocycles. The summed E-state index contributed by atoms with van der Waals surface area (Å²) in [6.45, 7) is 0.642. The summed E-state index contributed by atoms with van der Waals surface area (Å²) in [4.78, 5) is 18.2. The highest BCUT2D eigenvalue weighted by molar-refractivity contribution is 7.79. The quantitative estimate of drug-likeness (QED) is 0.366. The first-order valence-corrected chi connectivity index (χ1v) is 10.3. The summed E-state index contributed by atoms with van der Waals surface area (Å²) in [5, 5.41) is 5.17. The van der Waals surface area contributed by atoms with Gasteiger partial charge in [0.2, 0.25) is 0 Å². The predicted molar refractivity (Wildman–Crippen MR) is 111 cm³/mol. The fourth-order valence-corrected chi connectivity index (χ4v) is 3.46. The second-order valence-electron chi connectivity index (χ2n) is 6.61. The average Bonchev–Trinajstić information content (AvgIpc) is 3.13. The molecule has 1 atom stereocenters. The lowest BCUT2D eigenvalue weighted by Crippen LogP contribution is -2.24. The maximum atomic E-state index is 12.7. The lowest BCUT2D eigenvalue weighted by Gasteiger charge is -2.07. The number of fused-ring (bicyclic) bond motifs is 1. The van der Waals surface area contributed by atoms with Gasteiger partial charge >= 0.3 is 0 Å². The number of para-hydroxylation sites is 1. The molecule has 152 valence electrons. The van der Waals surface area contributed by atoms with Gasteiger partial charge < -0.3 is 4.55 Å². The fraction of sp³-hybridized carbons (Fsp3) is 0.0909. The van der Waals surface area contributed by atoms with Crippen LogP contribution < -0.4 is 5.48 Å². The summed E-state index contributed by atoms with van der Waals surface area (Å²) in [7, 11) is 0. The van der Waals surface area contributed by atoms with E-state index in [1.807, 2.05) is 54.6 Å². The van der Waals surface area contributed by atoms with Crippen LogP contribution >= 0.6 is 0 Å². The van der Waals surface area contributed by atoms with Crippen LogP contribution in [0.2, 0.25) is 0 Å².